The lowest BCUT2D eigenvalue weighted by molar-refractivity contribution is -0.167. The molecule has 0 bridgehead atoms. The SMILES string of the molecule is CCCCCCCCCCCCCCCCCCCCCC(=O)OC[C@H](COC(=O)CCCCCCCCCCCCCCCCCC(C)C)OC(=O)CCCCCCC. The van der Waals surface area contributed by atoms with Crippen molar-refractivity contribution >= 4 is 17.9 Å². The van der Waals surface area contributed by atoms with Gasteiger partial charge in [0.2, 0.25) is 0 Å². The van der Waals surface area contributed by atoms with Crippen LogP contribution in [0.4, 0.5) is 0 Å². The third-order valence-electron chi connectivity index (χ3n) is 12.3. The first-order chi connectivity index (χ1) is 29.4. The van der Waals surface area contributed by atoms with Gasteiger partial charge in [-0.2, -0.15) is 0 Å². The van der Waals surface area contributed by atoms with Gasteiger partial charge in [0.25, 0.3) is 0 Å². The predicted octanol–water partition coefficient (Wildman–Crippen LogP) is 17.5. The van der Waals surface area contributed by atoms with Gasteiger partial charge in [-0.1, -0.05) is 265 Å². The average Bonchev–Trinajstić information content (AvgIpc) is 3.23. The fourth-order valence-electron chi connectivity index (χ4n) is 8.22. The first kappa shape index (κ1) is 58.4. The van der Waals surface area contributed by atoms with Gasteiger partial charge < -0.3 is 14.2 Å². The number of rotatable bonds is 49. The predicted molar refractivity (Wildman–Crippen MR) is 257 cm³/mol. The Morgan fingerprint density at radius 3 is 0.817 bits per heavy atom. The van der Waals surface area contributed by atoms with E-state index in [0.29, 0.717) is 19.3 Å². The van der Waals surface area contributed by atoms with E-state index in [-0.39, 0.29) is 31.1 Å². The summed E-state index contributed by atoms with van der Waals surface area (Å²) in [6.45, 7) is 8.97. The maximum atomic E-state index is 12.6. The molecule has 0 aromatic heterocycles. The summed E-state index contributed by atoms with van der Waals surface area (Å²) in [6, 6.07) is 0. The lowest BCUT2D eigenvalue weighted by Crippen LogP contribution is -2.30. The van der Waals surface area contributed by atoms with Crippen LogP contribution < -0.4 is 0 Å². The summed E-state index contributed by atoms with van der Waals surface area (Å²) in [5, 5.41) is 0. The first-order valence-electron chi connectivity index (χ1n) is 26.9. The van der Waals surface area contributed by atoms with E-state index < -0.39 is 6.10 Å². The summed E-state index contributed by atoms with van der Waals surface area (Å²) in [7, 11) is 0. The summed E-state index contributed by atoms with van der Waals surface area (Å²) in [6.07, 6.45) is 51.3. The number of esters is 3. The van der Waals surface area contributed by atoms with Crippen LogP contribution in [0.15, 0.2) is 0 Å². The summed E-state index contributed by atoms with van der Waals surface area (Å²) in [5.74, 6) is -0.00868. The largest absolute Gasteiger partial charge is 0.462 e. The van der Waals surface area contributed by atoms with Crippen LogP contribution in [0.5, 0.6) is 0 Å². The minimum Gasteiger partial charge on any atom is -0.462 e. The summed E-state index contributed by atoms with van der Waals surface area (Å²) < 4.78 is 16.7. The minimum atomic E-state index is -0.759. The van der Waals surface area contributed by atoms with E-state index in [1.165, 1.54) is 193 Å². The second kappa shape index (κ2) is 48.4. The zero-order valence-corrected chi connectivity index (χ0v) is 40.9. The standard InChI is InChI=1S/C54H104O6/c1-5-7-9-11-12-13-14-15-16-17-18-19-22-25-28-31-34-38-41-45-52(55)58-48-51(60-54(57)47-43-36-10-8-6-2)49-59-53(56)46-42-39-35-32-29-26-23-20-21-24-27-30-33-37-40-44-50(3)4/h50-51H,5-49H2,1-4H3/t51-/m1/s1. The monoisotopic (exact) mass is 849 g/mol. The molecular weight excluding hydrogens is 745 g/mol. The normalized spacial score (nSPS) is 11.9. The Kier molecular flexibility index (Phi) is 47.2. The van der Waals surface area contributed by atoms with Crippen molar-refractivity contribution in [1.29, 1.82) is 0 Å². The van der Waals surface area contributed by atoms with Crippen LogP contribution >= 0.6 is 0 Å². The molecule has 0 unspecified atom stereocenters. The second-order valence-corrected chi connectivity index (χ2v) is 19.0. The third-order valence-corrected chi connectivity index (χ3v) is 12.3. The van der Waals surface area contributed by atoms with Gasteiger partial charge in [0.1, 0.15) is 13.2 Å². The van der Waals surface area contributed by atoms with Crippen LogP contribution in [0.3, 0.4) is 0 Å². The van der Waals surface area contributed by atoms with Crippen molar-refractivity contribution < 1.29 is 28.6 Å². The van der Waals surface area contributed by atoms with Crippen LogP contribution in [0.25, 0.3) is 0 Å². The highest BCUT2D eigenvalue weighted by atomic mass is 16.6. The maximum absolute atomic E-state index is 12.6. The molecule has 0 heterocycles. The van der Waals surface area contributed by atoms with E-state index in [0.717, 1.165) is 70.1 Å². The van der Waals surface area contributed by atoms with E-state index in [1.54, 1.807) is 0 Å². The van der Waals surface area contributed by atoms with E-state index in [4.69, 9.17) is 14.2 Å². The summed E-state index contributed by atoms with van der Waals surface area (Å²) >= 11 is 0. The zero-order valence-electron chi connectivity index (χ0n) is 40.9. The molecule has 0 saturated carbocycles. The van der Waals surface area contributed by atoms with E-state index >= 15 is 0 Å². The van der Waals surface area contributed by atoms with Crippen molar-refractivity contribution in [2.75, 3.05) is 13.2 Å². The maximum Gasteiger partial charge on any atom is 0.306 e. The van der Waals surface area contributed by atoms with Crippen LogP contribution in [-0.4, -0.2) is 37.2 Å². The van der Waals surface area contributed by atoms with Crippen molar-refractivity contribution in [1.82, 2.24) is 0 Å². The molecule has 0 aliphatic heterocycles. The lowest BCUT2D eigenvalue weighted by Gasteiger charge is -2.18. The van der Waals surface area contributed by atoms with Gasteiger partial charge in [0.05, 0.1) is 0 Å². The summed E-state index contributed by atoms with van der Waals surface area (Å²) in [5.41, 5.74) is 0. The molecule has 0 rings (SSSR count). The molecule has 6 nitrogen and oxygen atoms in total. The molecule has 6 heteroatoms. The molecule has 0 N–H and O–H groups in total. The Morgan fingerprint density at radius 1 is 0.317 bits per heavy atom. The van der Waals surface area contributed by atoms with E-state index in [2.05, 4.69) is 27.7 Å². The van der Waals surface area contributed by atoms with E-state index in [1.807, 2.05) is 0 Å². The molecule has 60 heavy (non-hydrogen) atoms. The van der Waals surface area contributed by atoms with E-state index in [9.17, 15) is 14.4 Å². The van der Waals surface area contributed by atoms with Gasteiger partial charge in [-0.05, 0) is 25.2 Å². The topological polar surface area (TPSA) is 78.9 Å². The number of unbranched alkanes of at least 4 members (excludes halogenated alkanes) is 36. The molecule has 1 atom stereocenters. The number of hydrogen-bond acceptors (Lipinski definition) is 6. The fraction of sp³-hybridized carbons (Fsp3) is 0.944. The van der Waals surface area contributed by atoms with Gasteiger partial charge in [0.15, 0.2) is 6.10 Å². The van der Waals surface area contributed by atoms with Crippen molar-refractivity contribution in [3.63, 3.8) is 0 Å². The highest BCUT2D eigenvalue weighted by Crippen LogP contribution is 2.17. The molecule has 0 saturated heterocycles. The fourth-order valence-corrected chi connectivity index (χ4v) is 8.22. The average molecular weight is 849 g/mol. The second-order valence-electron chi connectivity index (χ2n) is 19.0. The van der Waals surface area contributed by atoms with Gasteiger partial charge in [0, 0.05) is 19.3 Å². The lowest BCUT2D eigenvalue weighted by atomic mass is 10.0. The first-order valence-corrected chi connectivity index (χ1v) is 26.9. The molecule has 0 aliphatic rings. The highest BCUT2D eigenvalue weighted by molar-refractivity contribution is 5.71. The van der Waals surface area contributed by atoms with Crippen molar-refractivity contribution in [2.45, 2.75) is 310 Å². The molecule has 0 aromatic rings. The number of ether oxygens (including phenoxy) is 3. The molecule has 0 spiro atoms. The molecular formula is C54H104O6. The van der Waals surface area contributed by atoms with Crippen LogP contribution in [0.1, 0.15) is 304 Å². The number of carbonyl (C=O) groups is 3. The van der Waals surface area contributed by atoms with Gasteiger partial charge >= 0.3 is 17.9 Å². The number of carbonyl (C=O) groups excluding carboxylic acids is 3. The Bertz CT molecular complexity index is 903. The smallest absolute Gasteiger partial charge is 0.306 e. The Balaban J connectivity index is 4.02. The highest BCUT2D eigenvalue weighted by Gasteiger charge is 2.19. The van der Waals surface area contributed by atoms with Crippen LogP contribution in [-0.2, 0) is 28.6 Å². The zero-order chi connectivity index (χ0) is 43.8. The molecule has 0 amide bonds. The molecule has 0 aliphatic carbocycles. The van der Waals surface area contributed by atoms with Crippen molar-refractivity contribution in [3.05, 3.63) is 0 Å². The molecule has 356 valence electrons. The summed E-state index contributed by atoms with van der Waals surface area (Å²) in [4.78, 5) is 37.7. The van der Waals surface area contributed by atoms with Gasteiger partial charge in [-0.3, -0.25) is 14.4 Å². The third kappa shape index (κ3) is 47.5. The molecule has 0 radical (unpaired) electrons. The molecule has 0 fully saturated rings. The Morgan fingerprint density at radius 2 is 0.550 bits per heavy atom. The van der Waals surface area contributed by atoms with Gasteiger partial charge in [-0.25, -0.2) is 0 Å². The van der Waals surface area contributed by atoms with Crippen molar-refractivity contribution in [2.24, 2.45) is 5.92 Å². The number of hydrogen-bond donors (Lipinski definition) is 0. The quantitative estimate of drug-likeness (QED) is 0.0345. The Labute approximate surface area is 374 Å². The van der Waals surface area contributed by atoms with Crippen molar-refractivity contribution in [3.8, 4) is 0 Å². The molecule has 0 aromatic carbocycles. The minimum absolute atomic E-state index is 0.0641. The van der Waals surface area contributed by atoms with Crippen LogP contribution in [0, 0.1) is 5.92 Å². The van der Waals surface area contributed by atoms with Crippen LogP contribution in [0.2, 0.25) is 0 Å². The van der Waals surface area contributed by atoms with Gasteiger partial charge in [-0.15, -0.1) is 0 Å². The Hall–Kier alpha value is -1.59.